The highest BCUT2D eigenvalue weighted by molar-refractivity contribution is 6.32. The van der Waals surface area contributed by atoms with Crippen molar-refractivity contribution in [3.05, 3.63) is 22.7 Å². The second kappa shape index (κ2) is 10.7. The monoisotopic (exact) mass is 443 g/mol. The van der Waals surface area contributed by atoms with Crippen LogP contribution >= 0.6 is 11.6 Å². The Morgan fingerprint density at radius 3 is 2.33 bits per heavy atom. The second-order valence-electron chi connectivity index (χ2n) is 7.37. The largest absolute Gasteiger partial charge is 0.493 e. The summed E-state index contributed by atoms with van der Waals surface area (Å²) in [5, 5.41) is 2.72. The number of nitrogens with zero attached hydrogens (tertiary/aromatic N) is 1. The molecule has 3 N–H and O–H groups in total. The number of methoxy groups -OCH3 is 1. The minimum Gasteiger partial charge on any atom is -0.493 e. The fourth-order valence-electron chi connectivity index (χ4n) is 2.20. The number of carbonyl (C=O) groups is 4. The smallest absolute Gasteiger partial charge is 0.338 e. The summed E-state index contributed by atoms with van der Waals surface area (Å²) >= 11 is 6.08. The van der Waals surface area contributed by atoms with Crippen LogP contribution in [0, 0.1) is 0 Å². The normalized spacial score (nSPS) is 10.7. The maximum atomic E-state index is 12.3. The zero-order valence-electron chi connectivity index (χ0n) is 17.5. The molecule has 0 fully saturated rings. The Morgan fingerprint density at radius 1 is 1.17 bits per heavy atom. The molecule has 0 radical (unpaired) electrons. The van der Waals surface area contributed by atoms with Crippen molar-refractivity contribution < 1.29 is 33.4 Å². The van der Waals surface area contributed by atoms with Crippen LogP contribution in [0.15, 0.2) is 12.1 Å². The van der Waals surface area contributed by atoms with Gasteiger partial charge in [-0.1, -0.05) is 11.6 Å². The lowest BCUT2D eigenvalue weighted by Gasteiger charge is -2.23. The number of esters is 1. The molecule has 0 aliphatic rings. The van der Waals surface area contributed by atoms with Crippen molar-refractivity contribution >= 4 is 35.3 Å². The highest BCUT2D eigenvalue weighted by atomic mass is 35.5. The molecule has 3 amide bonds. The summed E-state index contributed by atoms with van der Waals surface area (Å²) in [4.78, 5) is 48.3. The van der Waals surface area contributed by atoms with E-state index in [4.69, 9.17) is 31.5 Å². The average molecular weight is 444 g/mol. The summed E-state index contributed by atoms with van der Waals surface area (Å²) in [6.07, 6.45) is 0. The number of ether oxygens (including phenoxy) is 3. The van der Waals surface area contributed by atoms with Crippen molar-refractivity contribution in [2.24, 2.45) is 5.73 Å². The van der Waals surface area contributed by atoms with E-state index in [1.807, 2.05) is 20.8 Å². The van der Waals surface area contributed by atoms with E-state index in [1.54, 1.807) is 0 Å². The summed E-state index contributed by atoms with van der Waals surface area (Å²) in [5.74, 6) is -2.33. The molecule has 0 aliphatic heterocycles. The molecule has 0 bridgehead atoms. The van der Waals surface area contributed by atoms with Crippen molar-refractivity contribution in [3.8, 4) is 11.5 Å². The first-order valence-electron chi connectivity index (χ1n) is 8.84. The van der Waals surface area contributed by atoms with Gasteiger partial charge in [0.25, 0.3) is 11.8 Å². The summed E-state index contributed by atoms with van der Waals surface area (Å²) in [6, 6.07) is 2.53. The Bertz CT molecular complexity index is 821. The van der Waals surface area contributed by atoms with Gasteiger partial charge in [-0.15, -0.1) is 0 Å². The minimum absolute atomic E-state index is 0.00389. The first-order valence-corrected chi connectivity index (χ1v) is 9.22. The minimum atomic E-state index is -0.836. The highest BCUT2D eigenvalue weighted by Crippen LogP contribution is 2.36. The molecule has 0 atom stereocenters. The third-order valence-corrected chi connectivity index (χ3v) is 3.75. The number of rotatable bonds is 9. The molecule has 0 unspecified atom stereocenters. The lowest BCUT2D eigenvalue weighted by molar-refractivity contribution is -0.137. The van der Waals surface area contributed by atoms with Crippen LogP contribution in [0.25, 0.3) is 0 Å². The molecule has 1 aromatic carbocycles. The van der Waals surface area contributed by atoms with Gasteiger partial charge in [-0.2, -0.15) is 0 Å². The van der Waals surface area contributed by atoms with Gasteiger partial charge in [0.1, 0.15) is 0 Å². The Morgan fingerprint density at radius 2 is 1.80 bits per heavy atom. The molecule has 1 rings (SSSR count). The van der Waals surface area contributed by atoms with E-state index in [0.29, 0.717) is 0 Å². The number of hydrogen-bond acceptors (Lipinski definition) is 7. The molecule has 0 saturated carbocycles. The van der Waals surface area contributed by atoms with Crippen LogP contribution < -0.4 is 20.5 Å². The van der Waals surface area contributed by atoms with E-state index in [-0.39, 0.29) is 34.5 Å². The van der Waals surface area contributed by atoms with E-state index in [2.05, 4.69) is 5.32 Å². The van der Waals surface area contributed by atoms with Gasteiger partial charge in [0.05, 0.1) is 24.2 Å². The standard InChI is InChI=1S/C19H26ClN3O7/c1-19(2,3)22-15(25)8-23(4)16(26)10-30-18(27)11-6-12(20)17(13(7-11)28-5)29-9-14(21)24/h6-7H,8-10H2,1-5H3,(H2,21,24)(H,22,25). The molecule has 0 aliphatic carbocycles. The Labute approximate surface area is 179 Å². The predicted octanol–water partition coefficient (Wildman–Crippen LogP) is 0.743. The molecule has 1 aromatic rings. The Hall–Kier alpha value is -3.01. The van der Waals surface area contributed by atoms with Crippen LogP contribution in [0.2, 0.25) is 5.02 Å². The molecule has 0 heterocycles. The number of benzene rings is 1. The molecule has 0 aromatic heterocycles. The van der Waals surface area contributed by atoms with Gasteiger partial charge < -0.3 is 30.2 Å². The first kappa shape index (κ1) is 25.0. The number of halogens is 1. The number of nitrogens with one attached hydrogen (secondary N) is 1. The summed E-state index contributed by atoms with van der Waals surface area (Å²) in [5.41, 5.74) is 4.60. The number of nitrogens with two attached hydrogens (primary N) is 1. The van der Waals surface area contributed by atoms with Crippen molar-refractivity contribution in [1.82, 2.24) is 10.2 Å². The van der Waals surface area contributed by atoms with Crippen molar-refractivity contribution in [2.45, 2.75) is 26.3 Å². The number of likely N-dealkylation sites (N-methyl/N-ethyl adjacent to an activating group) is 1. The maximum Gasteiger partial charge on any atom is 0.338 e. The molecule has 166 valence electrons. The van der Waals surface area contributed by atoms with Gasteiger partial charge in [0.15, 0.2) is 24.7 Å². The van der Waals surface area contributed by atoms with E-state index < -0.39 is 36.5 Å². The third-order valence-electron chi connectivity index (χ3n) is 3.47. The third kappa shape index (κ3) is 8.16. The number of amides is 3. The molecule has 10 nitrogen and oxygen atoms in total. The quantitative estimate of drug-likeness (QED) is 0.537. The van der Waals surface area contributed by atoms with Crippen molar-refractivity contribution in [3.63, 3.8) is 0 Å². The molecular formula is C19H26ClN3O7. The van der Waals surface area contributed by atoms with E-state index >= 15 is 0 Å². The molecule has 0 spiro atoms. The first-order chi connectivity index (χ1) is 13.8. The highest BCUT2D eigenvalue weighted by Gasteiger charge is 2.21. The Kier molecular flexibility index (Phi) is 8.91. The van der Waals surface area contributed by atoms with Crippen LogP contribution in [0.5, 0.6) is 11.5 Å². The van der Waals surface area contributed by atoms with Gasteiger partial charge in [0, 0.05) is 12.6 Å². The molecule has 11 heteroatoms. The lowest BCUT2D eigenvalue weighted by Crippen LogP contribution is -2.46. The SMILES string of the molecule is COc1cc(C(=O)OCC(=O)N(C)CC(=O)NC(C)(C)C)cc(Cl)c1OCC(N)=O. The molecule has 30 heavy (non-hydrogen) atoms. The zero-order chi connectivity index (χ0) is 23.1. The van der Waals surface area contributed by atoms with Gasteiger partial charge in [-0.3, -0.25) is 14.4 Å². The lowest BCUT2D eigenvalue weighted by atomic mass is 10.1. The van der Waals surface area contributed by atoms with E-state index in [0.717, 1.165) is 4.90 Å². The maximum absolute atomic E-state index is 12.3. The summed E-state index contributed by atoms with van der Waals surface area (Å²) < 4.78 is 15.3. The fourth-order valence-corrected chi connectivity index (χ4v) is 2.47. The van der Waals surface area contributed by atoms with E-state index in [9.17, 15) is 19.2 Å². The van der Waals surface area contributed by atoms with Crippen LogP contribution in [0.4, 0.5) is 0 Å². The summed E-state index contributed by atoms with van der Waals surface area (Å²) in [6.45, 7) is 4.27. The van der Waals surface area contributed by atoms with Gasteiger partial charge in [-0.05, 0) is 32.9 Å². The Balaban J connectivity index is 2.74. The number of hydrogen-bond donors (Lipinski definition) is 2. The zero-order valence-corrected chi connectivity index (χ0v) is 18.3. The van der Waals surface area contributed by atoms with Gasteiger partial charge in [-0.25, -0.2) is 4.79 Å². The predicted molar refractivity (Wildman–Crippen MR) is 109 cm³/mol. The second-order valence-corrected chi connectivity index (χ2v) is 7.78. The van der Waals surface area contributed by atoms with Crippen LogP contribution in [-0.4, -0.2) is 68.0 Å². The molecule has 0 saturated heterocycles. The van der Waals surface area contributed by atoms with E-state index in [1.165, 1.54) is 26.3 Å². The number of primary amides is 1. The topological polar surface area (TPSA) is 137 Å². The van der Waals surface area contributed by atoms with Gasteiger partial charge in [0.2, 0.25) is 5.91 Å². The van der Waals surface area contributed by atoms with Crippen LogP contribution in [0.3, 0.4) is 0 Å². The van der Waals surface area contributed by atoms with Crippen molar-refractivity contribution in [1.29, 1.82) is 0 Å². The van der Waals surface area contributed by atoms with Gasteiger partial charge >= 0.3 is 5.97 Å². The van der Waals surface area contributed by atoms with Crippen molar-refractivity contribution in [2.75, 3.05) is 33.9 Å². The van der Waals surface area contributed by atoms with Crippen LogP contribution in [0.1, 0.15) is 31.1 Å². The number of carbonyl (C=O) groups excluding carboxylic acids is 4. The average Bonchev–Trinajstić information content (AvgIpc) is 2.62. The molecular weight excluding hydrogens is 418 g/mol. The fraction of sp³-hybridized carbons (Fsp3) is 0.474. The summed E-state index contributed by atoms with van der Waals surface area (Å²) in [7, 11) is 2.74. The van der Waals surface area contributed by atoms with Crippen LogP contribution in [-0.2, 0) is 19.1 Å².